The lowest BCUT2D eigenvalue weighted by atomic mass is 10.1. The number of fused-ring (bicyclic) bond motifs is 3. The second kappa shape index (κ2) is 5.66. The number of benzene rings is 2. The first kappa shape index (κ1) is 14.4. The Kier molecular flexibility index (Phi) is 3.69. The van der Waals surface area contributed by atoms with E-state index >= 15 is 0 Å². The fraction of sp³-hybridized carbons (Fsp3) is 0.0588. The number of anilines is 2. The number of nitrogens with one attached hydrogen (secondary N) is 2. The lowest BCUT2D eigenvalue weighted by Crippen LogP contribution is -1.95. The maximum Gasteiger partial charge on any atom is 0.0932 e. The zero-order valence-corrected chi connectivity index (χ0v) is 12.8. The Balaban J connectivity index is 0.00000144. The van der Waals surface area contributed by atoms with Crippen LogP contribution < -0.4 is 5.32 Å². The van der Waals surface area contributed by atoms with Gasteiger partial charge in [0.2, 0.25) is 0 Å². The van der Waals surface area contributed by atoms with E-state index in [9.17, 15) is 0 Å². The molecule has 0 unspecified atom stereocenters. The summed E-state index contributed by atoms with van der Waals surface area (Å²) in [5, 5.41) is 4.55. The van der Waals surface area contributed by atoms with Gasteiger partial charge in [-0.15, -0.1) is 12.4 Å². The van der Waals surface area contributed by atoms with Gasteiger partial charge in [-0.05, 0) is 37.3 Å². The van der Waals surface area contributed by atoms with Crippen LogP contribution in [-0.2, 0) is 0 Å². The number of H-pyrrole nitrogens is 1. The fourth-order valence-electron chi connectivity index (χ4n) is 2.65. The number of halogens is 1. The third-order valence-corrected chi connectivity index (χ3v) is 3.55. The van der Waals surface area contributed by atoms with Gasteiger partial charge in [0.05, 0.1) is 28.6 Å². The van der Waals surface area contributed by atoms with Crippen LogP contribution in [0, 0.1) is 6.92 Å². The molecular weight excluding hydrogens is 296 g/mol. The Morgan fingerprint density at radius 2 is 1.77 bits per heavy atom. The quantitative estimate of drug-likeness (QED) is 0.569. The summed E-state index contributed by atoms with van der Waals surface area (Å²) in [7, 11) is 0. The van der Waals surface area contributed by atoms with Gasteiger partial charge in [0.25, 0.3) is 0 Å². The minimum atomic E-state index is 0. The number of imidazole rings is 1. The van der Waals surface area contributed by atoms with Gasteiger partial charge in [0.15, 0.2) is 0 Å². The predicted molar refractivity (Wildman–Crippen MR) is 93.1 cm³/mol. The smallest absolute Gasteiger partial charge is 0.0932 e. The fourth-order valence-corrected chi connectivity index (χ4v) is 2.65. The van der Waals surface area contributed by atoms with E-state index < -0.39 is 0 Å². The van der Waals surface area contributed by atoms with E-state index in [-0.39, 0.29) is 12.4 Å². The lowest BCUT2D eigenvalue weighted by molar-refractivity contribution is 1.26. The maximum absolute atomic E-state index is 4.62. The summed E-state index contributed by atoms with van der Waals surface area (Å²) >= 11 is 0. The maximum atomic E-state index is 4.62. The number of hydrogen-bond acceptors (Lipinski definition) is 3. The van der Waals surface area contributed by atoms with Crippen molar-refractivity contribution >= 4 is 45.7 Å². The molecule has 0 fully saturated rings. The average Bonchev–Trinajstić information content (AvgIpc) is 2.96. The minimum Gasteiger partial charge on any atom is -0.355 e. The van der Waals surface area contributed by atoms with Gasteiger partial charge in [0, 0.05) is 16.8 Å². The molecule has 0 amide bonds. The molecule has 0 radical (unpaired) electrons. The van der Waals surface area contributed by atoms with E-state index in [0.29, 0.717) is 0 Å². The van der Waals surface area contributed by atoms with Gasteiger partial charge < -0.3 is 10.3 Å². The lowest BCUT2D eigenvalue weighted by Gasteiger charge is -2.11. The number of para-hydroxylation sites is 1. The standard InChI is InChI=1S/C17H14N4.ClH/c1-11-9-15(21-12-5-3-2-4-6-12)16-13(20-11)7-8-14-17(16)19-10-18-14;/h2-10H,1H3,(H,18,19)(H,20,21);1H. The Labute approximate surface area is 134 Å². The van der Waals surface area contributed by atoms with Crippen molar-refractivity contribution in [3.8, 4) is 0 Å². The van der Waals surface area contributed by atoms with Gasteiger partial charge in [0.1, 0.15) is 0 Å². The molecule has 0 aliphatic heterocycles. The molecule has 2 aromatic heterocycles. The summed E-state index contributed by atoms with van der Waals surface area (Å²) < 4.78 is 0. The van der Waals surface area contributed by atoms with Crippen LogP contribution in [0.5, 0.6) is 0 Å². The van der Waals surface area contributed by atoms with Crippen LogP contribution in [0.25, 0.3) is 21.9 Å². The van der Waals surface area contributed by atoms with Gasteiger partial charge >= 0.3 is 0 Å². The number of nitrogens with zero attached hydrogens (tertiary/aromatic N) is 2. The van der Waals surface area contributed by atoms with Crippen molar-refractivity contribution in [1.29, 1.82) is 0 Å². The van der Waals surface area contributed by atoms with Crippen LogP contribution in [-0.4, -0.2) is 15.0 Å². The van der Waals surface area contributed by atoms with Crippen molar-refractivity contribution < 1.29 is 0 Å². The molecule has 0 aliphatic carbocycles. The SMILES string of the molecule is Cc1cc(Nc2ccccc2)c2c(ccc3nc[nH]c32)n1.Cl. The largest absolute Gasteiger partial charge is 0.355 e. The zero-order chi connectivity index (χ0) is 14.2. The van der Waals surface area contributed by atoms with E-state index in [0.717, 1.165) is 39.0 Å². The van der Waals surface area contributed by atoms with Crippen LogP contribution in [0.3, 0.4) is 0 Å². The molecule has 2 N–H and O–H groups in total. The normalized spacial score (nSPS) is 10.6. The van der Waals surface area contributed by atoms with Gasteiger partial charge in [-0.25, -0.2) is 4.98 Å². The highest BCUT2D eigenvalue weighted by Gasteiger charge is 2.10. The topological polar surface area (TPSA) is 53.6 Å². The summed E-state index contributed by atoms with van der Waals surface area (Å²) in [6.45, 7) is 2.01. The van der Waals surface area contributed by atoms with Crippen LogP contribution in [0.4, 0.5) is 11.4 Å². The van der Waals surface area contributed by atoms with Crippen LogP contribution in [0.1, 0.15) is 5.69 Å². The first-order valence-corrected chi connectivity index (χ1v) is 6.87. The molecule has 0 spiro atoms. The molecule has 0 bridgehead atoms. The van der Waals surface area contributed by atoms with Crippen molar-refractivity contribution in [2.45, 2.75) is 6.92 Å². The molecular formula is C17H15ClN4. The van der Waals surface area contributed by atoms with E-state index in [1.165, 1.54) is 0 Å². The average molecular weight is 311 g/mol. The molecule has 22 heavy (non-hydrogen) atoms. The highest BCUT2D eigenvalue weighted by atomic mass is 35.5. The molecule has 5 heteroatoms. The molecule has 4 rings (SSSR count). The third-order valence-electron chi connectivity index (χ3n) is 3.55. The van der Waals surface area contributed by atoms with Crippen LogP contribution in [0.2, 0.25) is 0 Å². The summed E-state index contributed by atoms with van der Waals surface area (Å²) in [5.74, 6) is 0. The van der Waals surface area contributed by atoms with E-state index in [4.69, 9.17) is 0 Å². The van der Waals surface area contributed by atoms with Crippen LogP contribution in [0.15, 0.2) is 54.9 Å². The Morgan fingerprint density at radius 1 is 1.00 bits per heavy atom. The molecule has 2 heterocycles. The number of aromatic nitrogens is 3. The second-order valence-electron chi connectivity index (χ2n) is 5.06. The third kappa shape index (κ3) is 2.38. The van der Waals surface area contributed by atoms with Crippen molar-refractivity contribution in [1.82, 2.24) is 15.0 Å². The first-order valence-electron chi connectivity index (χ1n) is 6.87. The van der Waals surface area contributed by atoms with E-state index in [1.807, 2.05) is 37.3 Å². The van der Waals surface area contributed by atoms with Crippen molar-refractivity contribution in [2.24, 2.45) is 0 Å². The summed E-state index contributed by atoms with van der Waals surface area (Å²) in [6, 6.07) is 16.2. The Hall–Kier alpha value is -2.59. The molecule has 2 aromatic carbocycles. The first-order chi connectivity index (χ1) is 10.3. The van der Waals surface area contributed by atoms with Gasteiger partial charge in [-0.2, -0.15) is 0 Å². The molecule has 4 aromatic rings. The van der Waals surface area contributed by atoms with E-state index in [1.54, 1.807) is 6.33 Å². The van der Waals surface area contributed by atoms with E-state index in [2.05, 4.69) is 38.5 Å². The van der Waals surface area contributed by atoms with Crippen molar-refractivity contribution in [3.63, 3.8) is 0 Å². The summed E-state index contributed by atoms with van der Waals surface area (Å²) in [4.78, 5) is 12.2. The Bertz CT molecular complexity index is 931. The molecule has 0 saturated heterocycles. The predicted octanol–water partition coefficient (Wildman–Crippen LogP) is 4.58. The zero-order valence-electron chi connectivity index (χ0n) is 12.0. The molecule has 0 aliphatic rings. The molecule has 110 valence electrons. The molecule has 4 nitrogen and oxygen atoms in total. The van der Waals surface area contributed by atoms with Crippen molar-refractivity contribution in [3.05, 3.63) is 60.6 Å². The highest BCUT2D eigenvalue weighted by molar-refractivity contribution is 6.10. The number of rotatable bonds is 2. The number of aryl methyl sites for hydroxylation is 1. The minimum absolute atomic E-state index is 0. The van der Waals surface area contributed by atoms with Gasteiger partial charge in [-0.3, -0.25) is 4.98 Å². The van der Waals surface area contributed by atoms with Crippen molar-refractivity contribution in [2.75, 3.05) is 5.32 Å². The highest BCUT2D eigenvalue weighted by Crippen LogP contribution is 2.31. The Morgan fingerprint density at radius 3 is 2.59 bits per heavy atom. The summed E-state index contributed by atoms with van der Waals surface area (Å²) in [5.41, 5.74) is 6.01. The monoisotopic (exact) mass is 310 g/mol. The number of hydrogen-bond donors (Lipinski definition) is 2. The molecule has 0 atom stereocenters. The second-order valence-corrected chi connectivity index (χ2v) is 5.06. The number of pyridine rings is 1. The molecule has 0 saturated carbocycles. The van der Waals surface area contributed by atoms with Gasteiger partial charge in [-0.1, -0.05) is 18.2 Å². The number of aromatic amines is 1. The van der Waals surface area contributed by atoms with Crippen LogP contribution >= 0.6 is 12.4 Å². The summed E-state index contributed by atoms with van der Waals surface area (Å²) in [6.07, 6.45) is 1.72.